The zero-order valence-corrected chi connectivity index (χ0v) is 33.0. The van der Waals surface area contributed by atoms with Gasteiger partial charge >= 0.3 is 0 Å². The number of para-hydroxylation sites is 2. The predicted octanol–water partition coefficient (Wildman–Crippen LogP) is 15.7. The van der Waals surface area contributed by atoms with E-state index in [9.17, 15) is 0 Å². The number of aromatic nitrogens is 1. The first-order valence-corrected chi connectivity index (χ1v) is 20.6. The van der Waals surface area contributed by atoms with E-state index in [1.807, 2.05) is 0 Å². The zero-order chi connectivity index (χ0) is 39.2. The maximum absolute atomic E-state index is 2.48. The molecule has 0 spiro atoms. The van der Waals surface area contributed by atoms with Crippen LogP contribution in [0.5, 0.6) is 0 Å². The van der Waals surface area contributed by atoms with Crippen molar-refractivity contribution in [1.29, 1.82) is 0 Å². The highest BCUT2D eigenvalue weighted by Crippen LogP contribution is 2.51. The van der Waals surface area contributed by atoms with E-state index in [0.717, 1.165) is 22.7 Å². The van der Waals surface area contributed by atoms with Crippen molar-refractivity contribution < 1.29 is 0 Å². The van der Waals surface area contributed by atoms with Crippen LogP contribution in [0.4, 0.5) is 17.1 Å². The van der Waals surface area contributed by atoms with Gasteiger partial charge in [0.05, 0.1) is 11.0 Å². The van der Waals surface area contributed by atoms with Crippen LogP contribution < -0.4 is 4.90 Å². The van der Waals surface area contributed by atoms with Crippen LogP contribution in [0.25, 0.3) is 82.1 Å². The van der Waals surface area contributed by atoms with Gasteiger partial charge in [-0.05, 0) is 110 Å². The molecule has 12 rings (SSSR count). The molecule has 0 bridgehead atoms. The van der Waals surface area contributed by atoms with E-state index >= 15 is 0 Å². The molecular formula is C57H40N2. The molecule has 0 saturated heterocycles. The van der Waals surface area contributed by atoms with Crippen molar-refractivity contribution in [2.24, 2.45) is 0 Å². The Balaban J connectivity index is 0.963. The fraction of sp³-hybridized carbons (Fsp3) is 0.0526. The molecule has 0 N–H and O–H groups in total. The normalized spacial score (nSPS) is 13.1. The Bertz CT molecular complexity index is 3440. The minimum Gasteiger partial charge on any atom is -0.310 e. The highest BCUT2D eigenvalue weighted by atomic mass is 15.1. The molecular weight excluding hydrogens is 713 g/mol. The van der Waals surface area contributed by atoms with Gasteiger partial charge in [-0.1, -0.05) is 166 Å². The minimum absolute atomic E-state index is 0.0746. The third-order valence-corrected chi connectivity index (χ3v) is 13.0. The Kier molecular flexibility index (Phi) is 7.31. The van der Waals surface area contributed by atoms with Gasteiger partial charge < -0.3 is 9.47 Å². The standard InChI is InChI=1S/C57H40N2/c1-57(2)51-22-12-10-19-46(51)47-35-33-43(36-52(47)57)58(40-15-4-3-5-16-40)41-29-24-37(25-30-41)38-26-31-42(32-27-38)59-53-23-13-11-21-50(53)55-54-44-17-7-6-14-39(44)28-34-48(54)45-18-8-9-20-49(45)56(55)59/h3-36H,1-2H3. The van der Waals surface area contributed by atoms with Gasteiger partial charge in [-0.2, -0.15) is 0 Å². The molecule has 0 radical (unpaired) electrons. The molecule has 2 nitrogen and oxygen atoms in total. The Hall–Kier alpha value is -7.42. The van der Waals surface area contributed by atoms with Gasteiger partial charge in [0.2, 0.25) is 0 Å². The summed E-state index contributed by atoms with van der Waals surface area (Å²) in [5.41, 5.74) is 14.8. The fourth-order valence-corrected chi connectivity index (χ4v) is 10.2. The molecule has 0 fully saturated rings. The number of hydrogen-bond donors (Lipinski definition) is 0. The quantitative estimate of drug-likeness (QED) is 0.159. The first-order valence-electron chi connectivity index (χ1n) is 20.6. The summed E-state index contributed by atoms with van der Waals surface area (Å²) in [7, 11) is 0. The number of fused-ring (bicyclic) bond motifs is 13. The summed E-state index contributed by atoms with van der Waals surface area (Å²) in [6.07, 6.45) is 0. The van der Waals surface area contributed by atoms with E-state index < -0.39 is 0 Å². The molecule has 1 aliphatic carbocycles. The Morgan fingerprint density at radius 2 is 0.983 bits per heavy atom. The summed E-state index contributed by atoms with van der Waals surface area (Å²) in [6, 6.07) is 76.0. The molecule has 2 heteroatoms. The van der Waals surface area contributed by atoms with Gasteiger partial charge in [0.15, 0.2) is 0 Å². The van der Waals surface area contributed by atoms with Crippen LogP contribution in [-0.2, 0) is 5.41 Å². The largest absolute Gasteiger partial charge is 0.310 e. The number of benzene rings is 10. The summed E-state index contributed by atoms with van der Waals surface area (Å²) < 4.78 is 2.48. The van der Waals surface area contributed by atoms with Gasteiger partial charge in [-0.25, -0.2) is 0 Å². The molecule has 278 valence electrons. The minimum atomic E-state index is -0.0746. The molecule has 1 heterocycles. The first kappa shape index (κ1) is 33.7. The SMILES string of the molecule is CC1(C)c2ccccc2-c2ccc(N(c3ccccc3)c3ccc(-c4ccc(-n5c6ccccc6c6c7c8ccccc8ccc7c7ccccc7c65)cc4)cc3)cc21. The second-order valence-corrected chi connectivity index (χ2v) is 16.5. The number of anilines is 3. The van der Waals surface area contributed by atoms with Crippen molar-refractivity contribution in [3.05, 3.63) is 217 Å². The summed E-state index contributed by atoms with van der Waals surface area (Å²) in [5, 5.41) is 10.3. The summed E-state index contributed by atoms with van der Waals surface area (Å²) >= 11 is 0. The van der Waals surface area contributed by atoms with Crippen LogP contribution in [0.15, 0.2) is 206 Å². The van der Waals surface area contributed by atoms with Crippen molar-refractivity contribution >= 4 is 71.2 Å². The van der Waals surface area contributed by atoms with Crippen molar-refractivity contribution in [3.63, 3.8) is 0 Å². The van der Waals surface area contributed by atoms with Gasteiger partial charge in [0.25, 0.3) is 0 Å². The lowest BCUT2D eigenvalue weighted by Gasteiger charge is -2.28. The second-order valence-electron chi connectivity index (χ2n) is 16.5. The Morgan fingerprint density at radius 3 is 1.78 bits per heavy atom. The molecule has 0 atom stereocenters. The molecule has 0 amide bonds. The summed E-state index contributed by atoms with van der Waals surface area (Å²) in [4.78, 5) is 2.38. The smallest absolute Gasteiger partial charge is 0.0626 e. The van der Waals surface area contributed by atoms with E-state index in [2.05, 4.69) is 230 Å². The molecule has 10 aromatic carbocycles. The lowest BCUT2D eigenvalue weighted by molar-refractivity contribution is 0.660. The van der Waals surface area contributed by atoms with Crippen LogP contribution in [-0.4, -0.2) is 4.57 Å². The third kappa shape index (κ3) is 5.00. The lowest BCUT2D eigenvalue weighted by atomic mass is 9.82. The summed E-state index contributed by atoms with van der Waals surface area (Å²) in [5.74, 6) is 0. The number of rotatable bonds is 5. The van der Waals surface area contributed by atoms with Crippen molar-refractivity contribution in [3.8, 4) is 27.9 Å². The van der Waals surface area contributed by atoms with Gasteiger partial charge in [-0.3, -0.25) is 0 Å². The van der Waals surface area contributed by atoms with E-state index in [4.69, 9.17) is 0 Å². The topological polar surface area (TPSA) is 8.17 Å². The van der Waals surface area contributed by atoms with Gasteiger partial charge in [0, 0.05) is 49.7 Å². The first-order chi connectivity index (χ1) is 29.0. The van der Waals surface area contributed by atoms with Crippen molar-refractivity contribution in [2.45, 2.75) is 19.3 Å². The predicted molar refractivity (Wildman–Crippen MR) is 251 cm³/mol. The molecule has 1 aliphatic rings. The van der Waals surface area contributed by atoms with Crippen LogP contribution in [0.1, 0.15) is 25.0 Å². The van der Waals surface area contributed by atoms with Crippen LogP contribution in [0, 0.1) is 0 Å². The highest BCUT2D eigenvalue weighted by molar-refractivity contribution is 6.36. The average molecular weight is 753 g/mol. The molecule has 1 aromatic heterocycles. The molecule has 0 unspecified atom stereocenters. The fourth-order valence-electron chi connectivity index (χ4n) is 10.2. The highest BCUT2D eigenvalue weighted by Gasteiger charge is 2.35. The maximum atomic E-state index is 2.48. The lowest BCUT2D eigenvalue weighted by Crippen LogP contribution is -2.16. The van der Waals surface area contributed by atoms with E-state index in [-0.39, 0.29) is 5.41 Å². The van der Waals surface area contributed by atoms with Crippen molar-refractivity contribution in [1.82, 2.24) is 4.57 Å². The van der Waals surface area contributed by atoms with Gasteiger partial charge in [-0.15, -0.1) is 0 Å². The third-order valence-electron chi connectivity index (χ3n) is 13.0. The average Bonchev–Trinajstić information content (AvgIpc) is 3.76. The van der Waals surface area contributed by atoms with Crippen LogP contribution in [0.2, 0.25) is 0 Å². The van der Waals surface area contributed by atoms with Crippen LogP contribution >= 0.6 is 0 Å². The number of hydrogen-bond acceptors (Lipinski definition) is 1. The molecule has 0 aliphatic heterocycles. The van der Waals surface area contributed by atoms with Gasteiger partial charge in [0.1, 0.15) is 0 Å². The van der Waals surface area contributed by atoms with Crippen LogP contribution in [0.3, 0.4) is 0 Å². The Morgan fingerprint density at radius 1 is 0.390 bits per heavy atom. The monoisotopic (exact) mass is 752 g/mol. The second kappa shape index (κ2) is 12.8. The van der Waals surface area contributed by atoms with E-state index in [0.29, 0.717) is 0 Å². The number of nitrogens with zero attached hydrogens (tertiary/aromatic N) is 2. The van der Waals surface area contributed by atoms with E-state index in [1.54, 1.807) is 0 Å². The molecule has 0 saturated carbocycles. The van der Waals surface area contributed by atoms with Crippen molar-refractivity contribution in [2.75, 3.05) is 4.90 Å². The maximum Gasteiger partial charge on any atom is 0.0626 e. The van der Waals surface area contributed by atoms with E-state index in [1.165, 1.54) is 87.5 Å². The molecule has 11 aromatic rings. The Labute approximate surface area is 343 Å². The summed E-state index contributed by atoms with van der Waals surface area (Å²) in [6.45, 7) is 4.70. The molecule has 59 heavy (non-hydrogen) atoms. The zero-order valence-electron chi connectivity index (χ0n) is 33.0.